The molecule has 14 heavy (non-hydrogen) atoms. The van der Waals surface area contributed by atoms with Crippen molar-refractivity contribution in [1.29, 1.82) is 0 Å². The van der Waals surface area contributed by atoms with Gasteiger partial charge in [-0.2, -0.15) is 0 Å². The highest BCUT2D eigenvalue weighted by atomic mass is 16.3. The molecule has 0 spiro atoms. The van der Waals surface area contributed by atoms with Crippen LogP contribution in [0.4, 0.5) is 0 Å². The summed E-state index contributed by atoms with van der Waals surface area (Å²) >= 11 is 0. The predicted molar refractivity (Wildman–Crippen MR) is 60.3 cm³/mol. The average Bonchev–Trinajstić information content (AvgIpc) is 2.19. The van der Waals surface area contributed by atoms with Gasteiger partial charge in [0, 0.05) is 12.1 Å². The third kappa shape index (κ3) is 3.58. The van der Waals surface area contributed by atoms with Gasteiger partial charge in [0.25, 0.3) is 0 Å². The Morgan fingerprint density at radius 2 is 1.64 bits per heavy atom. The fourth-order valence-electron chi connectivity index (χ4n) is 2.32. The van der Waals surface area contributed by atoms with E-state index in [1.807, 2.05) is 6.92 Å². The molecule has 0 radical (unpaired) electrons. The second-order valence-electron chi connectivity index (χ2n) is 4.88. The van der Waals surface area contributed by atoms with Crippen molar-refractivity contribution in [2.75, 3.05) is 0 Å². The van der Waals surface area contributed by atoms with Crippen LogP contribution in [0.3, 0.4) is 0 Å². The lowest BCUT2D eigenvalue weighted by Gasteiger charge is -2.31. The van der Waals surface area contributed by atoms with E-state index in [-0.39, 0.29) is 12.1 Å². The van der Waals surface area contributed by atoms with Crippen molar-refractivity contribution < 1.29 is 5.11 Å². The minimum Gasteiger partial charge on any atom is -0.392 e. The molecular weight excluding hydrogens is 174 g/mol. The third-order valence-electron chi connectivity index (χ3n) is 3.61. The molecule has 1 rings (SSSR count). The van der Waals surface area contributed by atoms with Gasteiger partial charge in [-0.3, -0.25) is 0 Å². The van der Waals surface area contributed by atoms with Crippen LogP contribution >= 0.6 is 0 Å². The van der Waals surface area contributed by atoms with Gasteiger partial charge in [0.15, 0.2) is 0 Å². The van der Waals surface area contributed by atoms with Crippen LogP contribution in [0.1, 0.15) is 52.9 Å². The first-order valence-corrected chi connectivity index (χ1v) is 6.05. The van der Waals surface area contributed by atoms with E-state index in [0.717, 1.165) is 5.92 Å². The SMILES string of the molecule is CC(O)C(C)N[C@@H](C)C1CCCCC1. The Kier molecular flexibility index (Phi) is 4.90. The van der Waals surface area contributed by atoms with Crippen molar-refractivity contribution in [3.8, 4) is 0 Å². The first-order valence-electron chi connectivity index (χ1n) is 6.05. The van der Waals surface area contributed by atoms with E-state index in [2.05, 4.69) is 19.2 Å². The molecule has 3 atom stereocenters. The van der Waals surface area contributed by atoms with Crippen LogP contribution in [0.15, 0.2) is 0 Å². The van der Waals surface area contributed by atoms with Crippen LogP contribution in [-0.2, 0) is 0 Å². The van der Waals surface area contributed by atoms with Crippen molar-refractivity contribution in [3.05, 3.63) is 0 Å². The first-order chi connectivity index (χ1) is 6.61. The highest BCUT2D eigenvalue weighted by Gasteiger charge is 2.22. The maximum absolute atomic E-state index is 9.41. The van der Waals surface area contributed by atoms with Crippen LogP contribution in [0.2, 0.25) is 0 Å². The van der Waals surface area contributed by atoms with E-state index in [0.29, 0.717) is 6.04 Å². The molecule has 0 saturated heterocycles. The largest absolute Gasteiger partial charge is 0.392 e. The second-order valence-corrected chi connectivity index (χ2v) is 4.88. The molecule has 1 aliphatic carbocycles. The predicted octanol–water partition coefficient (Wildman–Crippen LogP) is 2.31. The maximum atomic E-state index is 9.41. The molecule has 1 aliphatic rings. The fourth-order valence-corrected chi connectivity index (χ4v) is 2.32. The highest BCUT2D eigenvalue weighted by Crippen LogP contribution is 2.26. The zero-order chi connectivity index (χ0) is 10.6. The summed E-state index contributed by atoms with van der Waals surface area (Å²) in [5.74, 6) is 0.824. The maximum Gasteiger partial charge on any atom is 0.0662 e. The lowest BCUT2D eigenvalue weighted by molar-refractivity contribution is 0.135. The zero-order valence-corrected chi connectivity index (χ0v) is 9.79. The summed E-state index contributed by atoms with van der Waals surface area (Å²) in [7, 11) is 0. The van der Waals surface area contributed by atoms with E-state index < -0.39 is 0 Å². The van der Waals surface area contributed by atoms with E-state index in [1.165, 1.54) is 32.1 Å². The molecule has 1 saturated carbocycles. The molecule has 2 N–H and O–H groups in total. The smallest absolute Gasteiger partial charge is 0.0662 e. The number of aliphatic hydroxyl groups is 1. The standard InChI is InChI=1S/C12H25NO/c1-9(11(3)14)13-10(2)12-7-5-4-6-8-12/h9-14H,4-8H2,1-3H3/t9?,10-,11?/m0/s1. The number of hydrogen-bond acceptors (Lipinski definition) is 2. The van der Waals surface area contributed by atoms with Crippen molar-refractivity contribution in [2.24, 2.45) is 5.92 Å². The minimum absolute atomic E-state index is 0.215. The topological polar surface area (TPSA) is 32.3 Å². The summed E-state index contributed by atoms with van der Waals surface area (Å²) in [5.41, 5.74) is 0. The normalized spacial score (nSPS) is 25.7. The first kappa shape index (κ1) is 12.0. The molecule has 0 heterocycles. The number of aliphatic hydroxyl groups excluding tert-OH is 1. The van der Waals surface area contributed by atoms with Gasteiger partial charge in [0.1, 0.15) is 0 Å². The van der Waals surface area contributed by atoms with Crippen molar-refractivity contribution in [1.82, 2.24) is 5.32 Å². The number of nitrogens with one attached hydrogen (secondary N) is 1. The van der Waals surface area contributed by atoms with E-state index in [4.69, 9.17) is 0 Å². The Labute approximate surface area is 88.1 Å². The van der Waals surface area contributed by atoms with Gasteiger partial charge in [0.2, 0.25) is 0 Å². The average molecular weight is 199 g/mol. The molecule has 1 fully saturated rings. The van der Waals surface area contributed by atoms with Gasteiger partial charge in [-0.05, 0) is 39.5 Å². The lowest BCUT2D eigenvalue weighted by Crippen LogP contribution is -2.44. The highest BCUT2D eigenvalue weighted by molar-refractivity contribution is 4.79. The molecule has 2 heteroatoms. The monoisotopic (exact) mass is 199 g/mol. The summed E-state index contributed by atoms with van der Waals surface area (Å²) in [6.07, 6.45) is 6.66. The second kappa shape index (κ2) is 5.72. The molecule has 0 aliphatic heterocycles. The van der Waals surface area contributed by atoms with Gasteiger partial charge in [-0.25, -0.2) is 0 Å². The zero-order valence-electron chi connectivity index (χ0n) is 9.79. The quantitative estimate of drug-likeness (QED) is 0.728. The van der Waals surface area contributed by atoms with E-state index in [1.54, 1.807) is 0 Å². The van der Waals surface area contributed by atoms with Crippen molar-refractivity contribution >= 4 is 0 Å². The van der Waals surface area contributed by atoms with E-state index in [9.17, 15) is 5.11 Å². The molecular formula is C12H25NO. The van der Waals surface area contributed by atoms with Crippen LogP contribution in [0.5, 0.6) is 0 Å². The summed E-state index contributed by atoms with van der Waals surface area (Å²) in [4.78, 5) is 0. The Morgan fingerprint density at radius 3 is 2.14 bits per heavy atom. The Bertz CT molecular complexity index is 152. The molecule has 2 unspecified atom stereocenters. The molecule has 0 aromatic carbocycles. The van der Waals surface area contributed by atoms with Crippen molar-refractivity contribution in [3.63, 3.8) is 0 Å². The third-order valence-corrected chi connectivity index (χ3v) is 3.61. The molecule has 0 aromatic heterocycles. The van der Waals surface area contributed by atoms with E-state index >= 15 is 0 Å². The van der Waals surface area contributed by atoms with Crippen LogP contribution < -0.4 is 5.32 Å². The van der Waals surface area contributed by atoms with Crippen molar-refractivity contribution in [2.45, 2.75) is 71.1 Å². The van der Waals surface area contributed by atoms with Crippen LogP contribution in [-0.4, -0.2) is 23.3 Å². The fraction of sp³-hybridized carbons (Fsp3) is 1.00. The molecule has 0 aromatic rings. The Hall–Kier alpha value is -0.0800. The Balaban J connectivity index is 2.28. The summed E-state index contributed by atoms with van der Waals surface area (Å²) in [6.45, 7) is 6.17. The van der Waals surface area contributed by atoms with Gasteiger partial charge in [-0.15, -0.1) is 0 Å². The number of hydrogen-bond donors (Lipinski definition) is 2. The van der Waals surface area contributed by atoms with Crippen LogP contribution in [0.25, 0.3) is 0 Å². The van der Waals surface area contributed by atoms with Gasteiger partial charge >= 0.3 is 0 Å². The van der Waals surface area contributed by atoms with Gasteiger partial charge < -0.3 is 10.4 Å². The lowest BCUT2D eigenvalue weighted by atomic mass is 9.84. The molecule has 2 nitrogen and oxygen atoms in total. The molecule has 0 bridgehead atoms. The minimum atomic E-state index is -0.249. The molecule has 84 valence electrons. The van der Waals surface area contributed by atoms with Gasteiger partial charge in [-0.1, -0.05) is 19.3 Å². The summed E-state index contributed by atoms with van der Waals surface area (Å²) in [5, 5.41) is 12.9. The van der Waals surface area contributed by atoms with Crippen LogP contribution in [0, 0.1) is 5.92 Å². The Morgan fingerprint density at radius 1 is 1.07 bits per heavy atom. The van der Waals surface area contributed by atoms with Gasteiger partial charge in [0.05, 0.1) is 6.10 Å². The summed E-state index contributed by atoms with van der Waals surface area (Å²) in [6, 6.07) is 0.770. The number of rotatable bonds is 4. The molecule has 0 amide bonds. The summed E-state index contributed by atoms with van der Waals surface area (Å²) < 4.78 is 0.